The van der Waals surface area contributed by atoms with Crippen molar-refractivity contribution in [3.05, 3.63) is 0 Å². The average Bonchev–Trinajstić information content (AvgIpc) is 2.29. The summed E-state index contributed by atoms with van der Waals surface area (Å²) in [6.45, 7) is 4.21. The highest BCUT2D eigenvalue weighted by Gasteiger charge is 2.10. The summed E-state index contributed by atoms with van der Waals surface area (Å²) in [5, 5.41) is 9.40. The van der Waals surface area contributed by atoms with Crippen LogP contribution in [0.5, 0.6) is 6.01 Å². The molecule has 8 heteroatoms. The van der Waals surface area contributed by atoms with Crippen LogP contribution < -0.4 is 16.0 Å². The molecule has 1 heterocycles. The third-order valence-electron chi connectivity index (χ3n) is 1.56. The lowest BCUT2D eigenvalue weighted by Gasteiger charge is -2.08. The molecule has 0 radical (unpaired) electrons. The Morgan fingerprint density at radius 2 is 2.25 bits per heavy atom. The number of rotatable bonds is 6. The third kappa shape index (κ3) is 3.80. The number of anilines is 1. The normalized spacial score (nSPS) is 12.2. The number of aliphatic hydroxyl groups is 1. The highest BCUT2D eigenvalue weighted by Crippen LogP contribution is 2.21. The summed E-state index contributed by atoms with van der Waals surface area (Å²) in [7, 11) is 0. The minimum absolute atomic E-state index is 0.00232. The number of nitrogens with zero attached hydrogens (tertiary/aromatic N) is 3. The molecule has 0 aliphatic rings. The standard InChI is InChI=1S/C8H15N5O2S/c1-3-15-7-10-6(13-9)11-8(12-7)16-5(2)4-14/h5,14H,3-4,9H2,1-2H3,(H,10,11,12,13). The lowest BCUT2D eigenvalue weighted by molar-refractivity contribution is 0.299. The van der Waals surface area contributed by atoms with Crippen LogP contribution in [-0.4, -0.2) is 38.5 Å². The Bertz CT molecular complexity index is 338. The molecule has 1 aromatic rings. The first kappa shape index (κ1) is 12.9. The summed E-state index contributed by atoms with van der Waals surface area (Å²) in [5.41, 5.74) is 2.34. The molecule has 16 heavy (non-hydrogen) atoms. The zero-order valence-electron chi connectivity index (χ0n) is 9.17. The number of hydrogen-bond donors (Lipinski definition) is 3. The van der Waals surface area contributed by atoms with Crippen molar-refractivity contribution in [1.82, 2.24) is 15.0 Å². The van der Waals surface area contributed by atoms with Gasteiger partial charge in [0, 0.05) is 5.25 Å². The van der Waals surface area contributed by atoms with E-state index in [1.165, 1.54) is 11.8 Å². The van der Waals surface area contributed by atoms with Gasteiger partial charge >= 0.3 is 6.01 Å². The van der Waals surface area contributed by atoms with Gasteiger partial charge in [-0.15, -0.1) is 0 Å². The number of aromatic nitrogens is 3. The van der Waals surface area contributed by atoms with Gasteiger partial charge in [0.1, 0.15) is 0 Å². The first-order valence-corrected chi connectivity index (χ1v) is 5.70. The molecule has 1 rings (SSSR count). The van der Waals surface area contributed by atoms with Crippen LogP contribution in [0.25, 0.3) is 0 Å². The van der Waals surface area contributed by atoms with Gasteiger partial charge in [0.2, 0.25) is 5.95 Å². The fraction of sp³-hybridized carbons (Fsp3) is 0.625. The predicted molar refractivity (Wildman–Crippen MR) is 61.2 cm³/mol. The van der Waals surface area contributed by atoms with E-state index in [2.05, 4.69) is 20.4 Å². The fourth-order valence-electron chi connectivity index (χ4n) is 0.866. The molecular weight excluding hydrogens is 230 g/mol. The molecule has 4 N–H and O–H groups in total. The lowest BCUT2D eigenvalue weighted by atomic mass is 10.5. The van der Waals surface area contributed by atoms with Crippen molar-refractivity contribution in [2.45, 2.75) is 24.3 Å². The monoisotopic (exact) mass is 245 g/mol. The lowest BCUT2D eigenvalue weighted by Crippen LogP contribution is -2.13. The van der Waals surface area contributed by atoms with Gasteiger partial charge in [-0.1, -0.05) is 18.7 Å². The largest absolute Gasteiger partial charge is 0.464 e. The molecule has 0 aliphatic carbocycles. The maximum Gasteiger partial charge on any atom is 0.322 e. The van der Waals surface area contributed by atoms with Crippen molar-refractivity contribution < 1.29 is 9.84 Å². The zero-order valence-corrected chi connectivity index (χ0v) is 9.99. The first-order valence-electron chi connectivity index (χ1n) is 4.82. The maximum atomic E-state index is 8.93. The van der Waals surface area contributed by atoms with Gasteiger partial charge in [0.05, 0.1) is 13.2 Å². The van der Waals surface area contributed by atoms with E-state index >= 15 is 0 Å². The number of thioether (sulfide) groups is 1. The minimum Gasteiger partial charge on any atom is -0.464 e. The molecule has 0 amide bonds. The summed E-state index contributed by atoms with van der Waals surface area (Å²) in [4.78, 5) is 12.0. The van der Waals surface area contributed by atoms with Crippen molar-refractivity contribution in [3.8, 4) is 6.01 Å². The van der Waals surface area contributed by atoms with Crippen LogP contribution in [0, 0.1) is 0 Å². The number of ether oxygens (including phenoxy) is 1. The van der Waals surface area contributed by atoms with E-state index in [1.807, 2.05) is 13.8 Å². The van der Waals surface area contributed by atoms with Crippen molar-refractivity contribution in [3.63, 3.8) is 0 Å². The highest BCUT2D eigenvalue weighted by molar-refractivity contribution is 7.99. The average molecular weight is 245 g/mol. The second-order valence-corrected chi connectivity index (χ2v) is 4.32. The maximum absolute atomic E-state index is 8.93. The predicted octanol–water partition coefficient (Wildman–Crippen LogP) is 0.0288. The molecule has 1 aromatic heterocycles. The van der Waals surface area contributed by atoms with E-state index in [0.29, 0.717) is 11.8 Å². The molecule has 0 saturated carbocycles. The molecule has 0 saturated heterocycles. The summed E-state index contributed by atoms with van der Waals surface area (Å²) in [6.07, 6.45) is 0. The zero-order chi connectivity index (χ0) is 12.0. The number of nitrogens with two attached hydrogens (primary N) is 1. The SMILES string of the molecule is CCOc1nc(NN)nc(SC(C)CO)n1. The number of aliphatic hydroxyl groups excluding tert-OH is 1. The van der Waals surface area contributed by atoms with Crippen LogP contribution in [-0.2, 0) is 0 Å². The molecule has 1 unspecified atom stereocenters. The van der Waals surface area contributed by atoms with Crippen molar-refractivity contribution in [2.24, 2.45) is 5.84 Å². The Morgan fingerprint density at radius 1 is 1.50 bits per heavy atom. The molecule has 0 bridgehead atoms. The molecule has 90 valence electrons. The van der Waals surface area contributed by atoms with Crippen LogP contribution in [0.3, 0.4) is 0 Å². The Hall–Kier alpha value is -1.12. The van der Waals surface area contributed by atoms with E-state index in [9.17, 15) is 0 Å². The Morgan fingerprint density at radius 3 is 2.81 bits per heavy atom. The van der Waals surface area contributed by atoms with Gasteiger partial charge in [-0.2, -0.15) is 15.0 Å². The van der Waals surface area contributed by atoms with E-state index in [-0.39, 0.29) is 23.8 Å². The minimum atomic E-state index is 0.00232. The Kier molecular flexibility index (Phi) is 5.23. The van der Waals surface area contributed by atoms with Crippen LogP contribution in [0.15, 0.2) is 5.16 Å². The third-order valence-corrected chi connectivity index (χ3v) is 2.51. The molecule has 0 fully saturated rings. The summed E-state index contributed by atoms with van der Waals surface area (Å²) in [5.74, 6) is 5.47. The van der Waals surface area contributed by atoms with Crippen molar-refractivity contribution >= 4 is 17.7 Å². The van der Waals surface area contributed by atoms with E-state index in [1.54, 1.807) is 0 Å². The highest BCUT2D eigenvalue weighted by atomic mass is 32.2. The molecule has 0 aromatic carbocycles. The Labute approximate surface area is 97.8 Å². The van der Waals surface area contributed by atoms with Crippen LogP contribution in [0.1, 0.15) is 13.8 Å². The first-order chi connectivity index (χ1) is 7.69. The topological polar surface area (TPSA) is 106 Å². The van der Waals surface area contributed by atoms with Crippen molar-refractivity contribution in [2.75, 3.05) is 18.6 Å². The summed E-state index contributed by atoms with van der Waals surface area (Å²) < 4.78 is 5.17. The van der Waals surface area contributed by atoms with Crippen molar-refractivity contribution in [1.29, 1.82) is 0 Å². The van der Waals surface area contributed by atoms with Gasteiger partial charge in [-0.25, -0.2) is 5.84 Å². The van der Waals surface area contributed by atoms with Crippen LogP contribution in [0.4, 0.5) is 5.95 Å². The van der Waals surface area contributed by atoms with Gasteiger partial charge in [0.25, 0.3) is 0 Å². The smallest absolute Gasteiger partial charge is 0.322 e. The number of nitrogens with one attached hydrogen (secondary N) is 1. The Balaban J connectivity index is 2.85. The van der Waals surface area contributed by atoms with Gasteiger partial charge in [-0.05, 0) is 6.92 Å². The van der Waals surface area contributed by atoms with E-state index in [0.717, 1.165) is 0 Å². The molecule has 1 atom stereocenters. The van der Waals surface area contributed by atoms with Gasteiger partial charge in [-0.3, -0.25) is 5.43 Å². The summed E-state index contributed by atoms with van der Waals surface area (Å²) in [6, 6.07) is 0.220. The molecule has 0 spiro atoms. The van der Waals surface area contributed by atoms with E-state index in [4.69, 9.17) is 15.7 Å². The van der Waals surface area contributed by atoms with E-state index < -0.39 is 0 Å². The summed E-state index contributed by atoms with van der Waals surface area (Å²) >= 11 is 1.33. The van der Waals surface area contributed by atoms with Crippen LogP contribution in [0.2, 0.25) is 0 Å². The van der Waals surface area contributed by atoms with Crippen LogP contribution >= 0.6 is 11.8 Å². The number of hydrogen-bond acceptors (Lipinski definition) is 8. The fourth-order valence-corrected chi connectivity index (χ4v) is 1.57. The molecular formula is C8H15N5O2S. The van der Waals surface area contributed by atoms with Gasteiger partial charge < -0.3 is 9.84 Å². The second kappa shape index (κ2) is 6.46. The number of hydrazine groups is 1. The molecule has 0 aliphatic heterocycles. The second-order valence-electron chi connectivity index (χ2n) is 2.91. The van der Waals surface area contributed by atoms with Gasteiger partial charge in [0.15, 0.2) is 5.16 Å². The number of nitrogen functional groups attached to an aromatic ring is 1. The quantitative estimate of drug-likeness (QED) is 0.366. The molecule has 7 nitrogen and oxygen atoms in total.